The molecule has 1 saturated carbocycles. The van der Waals surface area contributed by atoms with Gasteiger partial charge in [-0.2, -0.15) is 0 Å². The molecule has 2 aliphatic heterocycles. The van der Waals surface area contributed by atoms with Crippen molar-refractivity contribution < 1.29 is 14.6 Å². The monoisotopic (exact) mass is 519 g/mol. The molecule has 6 nitrogen and oxygen atoms in total. The van der Waals surface area contributed by atoms with E-state index < -0.39 is 12.1 Å². The molecule has 1 aliphatic carbocycles. The molecule has 2 heterocycles. The quantitative estimate of drug-likeness (QED) is 0.426. The third kappa shape index (κ3) is 5.57. The summed E-state index contributed by atoms with van der Waals surface area (Å²) in [6.07, 6.45) is 3.47. The normalized spacial score (nSPS) is 21.5. The Morgan fingerprint density at radius 1 is 1.03 bits per heavy atom. The number of hydrogen-bond acceptors (Lipinski definition) is 5. The SMILES string of the molecule is O=C(N[C@H](CN1CCC1)[C@H](O)c1ccc(OC2CC2)c(Cl)c1)C1CCN(c2ccc3ccccc3c2)C1. The molecular formula is C30H34ClN3O3. The molecule has 7 heteroatoms. The Hall–Kier alpha value is -2.80. The first kappa shape index (κ1) is 24.5. The Bertz CT molecular complexity index is 1280. The average molecular weight is 520 g/mol. The number of nitrogens with one attached hydrogen (secondary N) is 1. The maximum atomic E-state index is 13.4. The van der Waals surface area contributed by atoms with Crippen molar-refractivity contribution in [3.63, 3.8) is 0 Å². The highest BCUT2D eigenvalue weighted by Gasteiger charge is 2.33. The Labute approximate surface area is 223 Å². The Kier molecular flexibility index (Phi) is 6.98. The molecule has 0 bridgehead atoms. The summed E-state index contributed by atoms with van der Waals surface area (Å²) in [4.78, 5) is 18.0. The number of rotatable bonds is 9. The van der Waals surface area contributed by atoms with Gasteiger partial charge in [0.25, 0.3) is 0 Å². The number of hydrogen-bond donors (Lipinski definition) is 2. The van der Waals surface area contributed by atoms with Crippen molar-refractivity contribution in [2.45, 2.75) is 43.9 Å². The number of anilines is 1. The van der Waals surface area contributed by atoms with Crippen LogP contribution in [0.3, 0.4) is 0 Å². The van der Waals surface area contributed by atoms with Crippen molar-refractivity contribution in [1.82, 2.24) is 10.2 Å². The number of nitrogens with zero attached hydrogens (tertiary/aromatic N) is 2. The minimum absolute atomic E-state index is 0.00708. The molecule has 2 saturated heterocycles. The first-order valence-electron chi connectivity index (χ1n) is 13.4. The van der Waals surface area contributed by atoms with Gasteiger partial charge in [0.05, 0.1) is 23.1 Å². The van der Waals surface area contributed by atoms with E-state index in [9.17, 15) is 9.90 Å². The highest BCUT2D eigenvalue weighted by atomic mass is 35.5. The number of halogens is 1. The molecule has 37 heavy (non-hydrogen) atoms. The van der Waals surface area contributed by atoms with Crippen LogP contribution in [0.15, 0.2) is 60.7 Å². The van der Waals surface area contributed by atoms with Crippen LogP contribution in [0.1, 0.15) is 37.4 Å². The van der Waals surface area contributed by atoms with Crippen molar-refractivity contribution in [1.29, 1.82) is 0 Å². The van der Waals surface area contributed by atoms with Gasteiger partial charge in [-0.25, -0.2) is 0 Å². The van der Waals surface area contributed by atoms with Gasteiger partial charge in [0, 0.05) is 25.3 Å². The van der Waals surface area contributed by atoms with E-state index in [4.69, 9.17) is 16.3 Å². The Morgan fingerprint density at radius 2 is 1.84 bits per heavy atom. The molecule has 3 fully saturated rings. The third-order valence-corrected chi connectivity index (χ3v) is 8.18. The number of carbonyl (C=O) groups is 1. The second-order valence-corrected chi connectivity index (χ2v) is 11.1. The molecule has 0 radical (unpaired) electrons. The van der Waals surface area contributed by atoms with Gasteiger partial charge < -0.3 is 25.0 Å². The summed E-state index contributed by atoms with van der Waals surface area (Å²) in [5.74, 6) is 0.547. The molecule has 3 aromatic rings. The van der Waals surface area contributed by atoms with Crippen molar-refractivity contribution in [3.8, 4) is 5.75 Å². The molecule has 6 rings (SSSR count). The lowest BCUT2D eigenvalue weighted by atomic mass is 9.99. The van der Waals surface area contributed by atoms with Gasteiger partial charge in [0.2, 0.25) is 5.91 Å². The highest BCUT2D eigenvalue weighted by molar-refractivity contribution is 6.32. The van der Waals surface area contributed by atoms with E-state index in [1.165, 1.54) is 10.8 Å². The number of amides is 1. The molecule has 1 unspecified atom stereocenters. The summed E-state index contributed by atoms with van der Waals surface area (Å²) in [5, 5.41) is 17.5. The van der Waals surface area contributed by atoms with Gasteiger partial charge in [-0.1, -0.05) is 48.0 Å². The first-order chi connectivity index (χ1) is 18.0. The first-order valence-corrected chi connectivity index (χ1v) is 13.8. The van der Waals surface area contributed by atoms with Crippen LogP contribution < -0.4 is 15.0 Å². The minimum atomic E-state index is -0.852. The lowest BCUT2D eigenvalue weighted by Crippen LogP contribution is -2.52. The van der Waals surface area contributed by atoms with Crippen molar-refractivity contribution in [2.75, 3.05) is 37.6 Å². The van der Waals surface area contributed by atoms with Gasteiger partial charge >= 0.3 is 0 Å². The zero-order chi connectivity index (χ0) is 25.4. The molecular weight excluding hydrogens is 486 g/mol. The van der Waals surface area contributed by atoms with Crippen molar-refractivity contribution in [2.24, 2.45) is 5.92 Å². The third-order valence-electron chi connectivity index (χ3n) is 7.89. The Balaban J connectivity index is 1.13. The van der Waals surface area contributed by atoms with Gasteiger partial charge in [-0.05, 0) is 79.4 Å². The predicted octanol–water partition coefficient (Wildman–Crippen LogP) is 4.78. The highest BCUT2D eigenvalue weighted by Crippen LogP contribution is 2.34. The second-order valence-electron chi connectivity index (χ2n) is 10.7. The number of aliphatic hydroxyl groups is 1. The maximum absolute atomic E-state index is 13.4. The predicted molar refractivity (Wildman–Crippen MR) is 147 cm³/mol. The number of ether oxygens (including phenoxy) is 1. The van der Waals surface area contributed by atoms with Crippen molar-refractivity contribution >= 4 is 34.0 Å². The number of carbonyl (C=O) groups excluding carboxylic acids is 1. The zero-order valence-electron chi connectivity index (χ0n) is 21.0. The molecule has 0 aromatic heterocycles. The zero-order valence-corrected chi connectivity index (χ0v) is 21.7. The fraction of sp³-hybridized carbons (Fsp3) is 0.433. The smallest absolute Gasteiger partial charge is 0.225 e. The molecule has 3 aromatic carbocycles. The molecule has 2 N–H and O–H groups in total. The number of fused-ring (bicyclic) bond motifs is 1. The summed E-state index contributed by atoms with van der Waals surface area (Å²) in [6.45, 7) is 4.12. The van der Waals surface area contributed by atoms with E-state index in [0.29, 0.717) is 29.4 Å². The van der Waals surface area contributed by atoms with Crippen molar-refractivity contribution in [3.05, 3.63) is 71.2 Å². The van der Waals surface area contributed by atoms with Crippen LogP contribution in [0.5, 0.6) is 5.75 Å². The van der Waals surface area contributed by atoms with Gasteiger partial charge in [0.15, 0.2) is 0 Å². The summed E-state index contributed by atoms with van der Waals surface area (Å²) >= 11 is 6.47. The maximum Gasteiger partial charge on any atom is 0.225 e. The number of likely N-dealkylation sites (tertiary alicyclic amines) is 1. The standard InChI is InChI=1S/C30H34ClN3O3/c31-26-17-22(7-11-28(26)37-25-9-10-25)29(35)27(19-33-13-3-14-33)32-30(36)23-12-15-34(18-23)24-8-6-20-4-1-2-5-21(20)16-24/h1-2,4-8,11,16-17,23,25,27,29,35H,3,9-10,12-15,18-19H2,(H,32,36)/t23?,27-,29-/m1/s1. The van der Waals surface area contributed by atoms with E-state index in [1.807, 2.05) is 18.2 Å². The fourth-order valence-corrected chi connectivity index (χ4v) is 5.58. The molecule has 1 amide bonds. The average Bonchev–Trinajstić information content (AvgIpc) is 3.57. The molecule has 194 valence electrons. The van der Waals surface area contributed by atoms with Gasteiger partial charge in [-0.15, -0.1) is 0 Å². The van der Waals surface area contributed by atoms with E-state index in [0.717, 1.165) is 51.0 Å². The van der Waals surface area contributed by atoms with Crippen LogP contribution in [0.4, 0.5) is 5.69 Å². The van der Waals surface area contributed by atoms with Gasteiger partial charge in [0.1, 0.15) is 11.9 Å². The molecule has 3 aliphatic rings. The van der Waals surface area contributed by atoms with Crippen LogP contribution in [0.25, 0.3) is 10.8 Å². The van der Waals surface area contributed by atoms with Crippen LogP contribution in [-0.4, -0.2) is 60.8 Å². The molecule has 0 spiro atoms. The number of benzene rings is 3. The van der Waals surface area contributed by atoms with Crippen LogP contribution in [-0.2, 0) is 4.79 Å². The van der Waals surface area contributed by atoms with Crippen LogP contribution in [0.2, 0.25) is 5.02 Å². The van der Waals surface area contributed by atoms with E-state index in [-0.39, 0.29) is 17.9 Å². The fourth-order valence-electron chi connectivity index (χ4n) is 5.34. The lowest BCUT2D eigenvalue weighted by Gasteiger charge is -2.36. The minimum Gasteiger partial charge on any atom is -0.489 e. The topological polar surface area (TPSA) is 65.0 Å². The molecule has 3 atom stereocenters. The van der Waals surface area contributed by atoms with E-state index in [1.54, 1.807) is 6.07 Å². The summed E-state index contributed by atoms with van der Waals surface area (Å²) in [7, 11) is 0. The number of aliphatic hydroxyl groups excluding tert-OH is 1. The second kappa shape index (κ2) is 10.5. The largest absolute Gasteiger partial charge is 0.489 e. The lowest BCUT2D eigenvalue weighted by molar-refractivity contribution is -0.126. The summed E-state index contributed by atoms with van der Waals surface area (Å²) in [5.41, 5.74) is 1.84. The summed E-state index contributed by atoms with van der Waals surface area (Å²) in [6, 6.07) is 19.9. The van der Waals surface area contributed by atoms with E-state index in [2.05, 4.69) is 51.5 Å². The van der Waals surface area contributed by atoms with Gasteiger partial charge in [-0.3, -0.25) is 4.79 Å². The van der Waals surface area contributed by atoms with Crippen LogP contribution >= 0.6 is 11.6 Å². The Morgan fingerprint density at radius 3 is 2.57 bits per heavy atom. The van der Waals surface area contributed by atoms with E-state index >= 15 is 0 Å². The van der Waals surface area contributed by atoms with Crippen LogP contribution in [0, 0.1) is 5.92 Å². The summed E-state index contributed by atoms with van der Waals surface area (Å²) < 4.78 is 5.85.